The number of amides is 4. The lowest BCUT2D eigenvalue weighted by molar-refractivity contribution is -0.138. The number of urea groups is 1. The molecule has 1 aromatic carbocycles. The van der Waals surface area contributed by atoms with Crippen LogP contribution in [0.4, 0.5) is 9.93 Å². The summed E-state index contributed by atoms with van der Waals surface area (Å²) in [5.41, 5.74) is -0.372. The Labute approximate surface area is 220 Å². The number of carbonyl (C=O) groups excluding carboxylic acids is 4. The Balaban J connectivity index is 1.46. The van der Waals surface area contributed by atoms with Crippen molar-refractivity contribution in [2.45, 2.75) is 69.9 Å². The van der Waals surface area contributed by atoms with Crippen molar-refractivity contribution in [3.63, 3.8) is 0 Å². The van der Waals surface area contributed by atoms with Gasteiger partial charge in [0.05, 0.1) is 29.5 Å². The molecule has 1 aromatic heterocycles. The molecule has 10 nitrogen and oxygen atoms in total. The number of nitrogens with zero attached hydrogens (tertiary/aromatic N) is 2. The Morgan fingerprint density at radius 1 is 1.11 bits per heavy atom. The summed E-state index contributed by atoms with van der Waals surface area (Å²) in [5, 5.41) is 8.76. The monoisotopic (exact) mass is 529 g/mol. The first-order valence-electron chi connectivity index (χ1n) is 13.1. The maximum absolute atomic E-state index is 13.7. The molecule has 2 fully saturated rings. The highest BCUT2D eigenvalue weighted by Crippen LogP contribution is 2.30. The molecule has 1 saturated carbocycles. The van der Waals surface area contributed by atoms with Crippen molar-refractivity contribution in [1.82, 2.24) is 20.5 Å². The van der Waals surface area contributed by atoms with Crippen LogP contribution in [0.25, 0.3) is 10.2 Å². The number of benzene rings is 1. The number of hydrogen-bond acceptors (Lipinski definition) is 7. The van der Waals surface area contributed by atoms with Crippen molar-refractivity contribution in [1.29, 1.82) is 0 Å². The summed E-state index contributed by atoms with van der Waals surface area (Å²) in [7, 11) is 0. The quantitative estimate of drug-likeness (QED) is 0.428. The molecule has 2 heterocycles. The first-order chi connectivity index (χ1) is 17.9. The van der Waals surface area contributed by atoms with Crippen LogP contribution in [0.2, 0.25) is 0 Å². The van der Waals surface area contributed by atoms with Crippen LogP contribution >= 0.6 is 11.3 Å². The highest BCUT2D eigenvalue weighted by molar-refractivity contribution is 7.22. The predicted molar refractivity (Wildman–Crippen MR) is 141 cm³/mol. The number of hydrogen-bond donors (Lipinski definition) is 3. The van der Waals surface area contributed by atoms with Crippen molar-refractivity contribution in [2.75, 3.05) is 31.6 Å². The standard InChI is InChI=1S/C26H35N5O5S/c1-2-3-9-19(21(32)22(33)29-24-28-18-10-5-6-11-20(18)37-24)27-23(34)26(12-7-4-8-13-26)30-25(35)31-14-16-36-17-15-31/h5-6,10-11,19H,2-4,7-9,12-17H2,1H3,(H,27,34)(H,30,35)(H,28,29,33)/t19-/m0/s1. The molecule has 2 aromatic rings. The fourth-order valence-electron chi connectivity index (χ4n) is 4.83. The van der Waals surface area contributed by atoms with E-state index in [2.05, 4.69) is 20.9 Å². The zero-order chi connectivity index (χ0) is 26.3. The average Bonchev–Trinajstić information content (AvgIpc) is 3.33. The van der Waals surface area contributed by atoms with Gasteiger partial charge in [-0.3, -0.25) is 19.7 Å². The average molecular weight is 530 g/mol. The normalized spacial score (nSPS) is 18.1. The lowest BCUT2D eigenvalue weighted by Crippen LogP contribution is -2.64. The highest BCUT2D eigenvalue weighted by Gasteiger charge is 2.43. The molecule has 4 amide bonds. The van der Waals surface area contributed by atoms with E-state index in [1.54, 1.807) is 4.90 Å². The number of fused-ring (bicyclic) bond motifs is 1. The molecule has 1 atom stereocenters. The van der Waals surface area contributed by atoms with Gasteiger partial charge < -0.3 is 20.3 Å². The number of nitrogens with one attached hydrogen (secondary N) is 3. The molecule has 2 aliphatic rings. The SMILES string of the molecule is CCCC[C@H](NC(=O)C1(NC(=O)N2CCOCC2)CCCCC1)C(=O)C(=O)Nc1nc2ccccc2s1. The van der Waals surface area contributed by atoms with Crippen molar-refractivity contribution in [3.8, 4) is 0 Å². The zero-order valence-electron chi connectivity index (χ0n) is 21.2. The number of para-hydroxylation sites is 1. The molecule has 3 N–H and O–H groups in total. The number of morpholine rings is 1. The fraction of sp³-hybridized carbons (Fsp3) is 0.577. The molecule has 0 spiro atoms. The third-order valence-electron chi connectivity index (χ3n) is 6.99. The van der Waals surface area contributed by atoms with Crippen molar-refractivity contribution in [2.24, 2.45) is 0 Å². The van der Waals surface area contributed by atoms with Crippen molar-refractivity contribution >= 4 is 50.3 Å². The lowest BCUT2D eigenvalue weighted by atomic mass is 9.80. The van der Waals surface area contributed by atoms with Gasteiger partial charge in [-0.25, -0.2) is 9.78 Å². The van der Waals surface area contributed by atoms with Crippen LogP contribution in [0, 0.1) is 0 Å². The van der Waals surface area contributed by atoms with E-state index in [9.17, 15) is 19.2 Å². The second-order valence-corrected chi connectivity index (χ2v) is 10.7. The number of rotatable bonds is 9. The third kappa shape index (κ3) is 6.64. The van der Waals surface area contributed by atoms with Crippen LogP contribution < -0.4 is 16.0 Å². The largest absolute Gasteiger partial charge is 0.378 e. The maximum atomic E-state index is 13.7. The molecule has 4 rings (SSSR count). The Bertz CT molecular complexity index is 1090. The number of ketones is 1. The van der Waals surface area contributed by atoms with Gasteiger partial charge in [-0.05, 0) is 31.4 Å². The van der Waals surface area contributed by atoms with Crippen LogP contribution in [0.1, 0.15) is 58.3 Å². The molecule has 1 aliphatic heterocycles. The van der Waals surface area contributed by atoms with E-state index < -0.39 is 29.2 Å². The molecule has 0 unspecified atom stereocenters. The molecule has 200 valence electrons. The first kappa shape index (κ1) is 27.0. The summed E-state index contributed by atoms with van der Waals surface area (Å²) in [5.74, 6) is -1.93. The van der Waals surface area contributed by atoms with Gasteiger partial charge in [-0.1, -0.05) is 62.5 Å². The molecule has 1 aliphatic carbocycles. The maximum Gasteiger partial charge on any atom is 0.318 e. The van der Waals surface area contributed by atoms with Gasteiger partial charge in [0.15, 0.2) is 5.13 Å². The van der Waals surface area contributed by atoms with Gasteiger partial charge in [0, 0.05) is 13.1 Å². The smallest absolute Gasteiger partial charge is 0.318 e. The molecular formula is C26H35N5O5S. The van der Waals surface area contributed by atoms with E-state index in [4.69, 9.17) is 4.74 Å². The number of ether oxygens (including phenoxy) is 1. The van der Waals surface area contributed by atoms with Gasteiger partial charge >= 0.3 is 6.03 Å². The topological polar surface area (TPSA) is 130 Å². The number of thiazole rings is 1. The number of Topliss-reactive ketones (excluding diaryl/α,β-unsaturated/α-hetero) is 1. The summed E-state index contributed by atoms with van der Waals surface area (Å²) in [6.07, 6.45) is 5.34. The van der Waals surface area contributed by atoms with Gasteiger partial charge in [0.1, 0.15) is 5.54 Å². The van der Waals surface area contributed by atoms with Crippen LogP contribution in [0.3, 0.4) is 0 Å². The second kappa shape index (κ2) is 12.5. The van der Waals surface area contributed by atoms with E-state index in [-0.39, 0.29) is 6.03 Å². The van der Waals surface area contributed by atoms with Gasteiger partial charge in [0.2, 0.25) is 11.7 Å². The second-order valence-electron chi connectivity index (χ2n) is 9.65. The molecule has 0 bridgehead atoms. The summed E-state index contributed by atoms with van der Waals surface area (Å²) in [4.78, 5) is 58.7. The third-order valence-corrected chi connectivity index (χ3v) is 7.94. The highest BCUT2D eigenvalue weighted by atomic mass is 32.1. The number of carbonyl (C=O) groups is 4. The van der Waals surface area contributed by atoms with E-state index in [0.717, 1.165) is 35.9 Å². The van der Waals surface area contributed by atoms with Crippen LogP contribution in [-0.4, -0.2) is 71.4 Å². The molecule has 1 saturated heterocycles. The van der Waals surface area contributed by atoms with Crippen molar-refractivity contribution < 1.29 is 23.9 Å². The molecule has 37 heavy (non-hydrogen) atoms. The van der Waals surface area contributed by atoms with E-state index in [0.29, 0.717) is 57.1 Å². The minimum atomic E-state index is -1.11. The molecule has 0 radical (unpaired) electrons. The number of aromatic nitrogens is 1. The summed E-state index contributed by atoms with van der Waals surface area (Å²) in [6.45, 7) is 3.84. The van der Waals surface area contributed by atoms with Gasteiger partial charge in [-0.2, -0.15) is 0 Å². The summed E-state index contributed by atoms with van der Waals surface area (Å²) < 4.78 is 6.23. The Hall–Kier alpha value is -3.05. The molecular weight excluding hydrogens is 494 g/mol. The Kier molecular flexibility index (Phi) is 9.09. The van der Waals surface area contributed by atoms with Crippen LogP contribution in [0.15, 0.2) is 24.3 Å². The predicted octanol–water partition coefficient (Wildman–Crippen LogP) is 3.22. The Morgan fingerprint density at radius 3 is 2.54 bits per heavy atom. The van der Waals surface area contributed by atoms with E-state index in [1.807, 2.05) is 31.2 Å². The zero-order valence-corrected chi connectivity index (χ0v) is 22.0. The first-order valence-corrected chi connectivity index (χ1v) is 13.9. The minimum Gasteiger partial charge on any atom is -0.378 e. The lowest BCUT2D eigenvalue weighted by Gasteiger charge is -2.39. The molecule has 11 heteroatoms. The summed E-state index contributed by atoms with van der Waals surface area (Å²) in [6, 6.07) is 6.18. The number of unbranched alkanes of at least 4 members (excludes halogenated alkanes) is 1. The van der Waals surface area contributed by atoms with Crippen LogP contribution in [-0.2, 0) is 19.1 Å². The number of anilines is 1. The van der Waals surface area contributed by atoms with Crippen molar-refractivity contribution in [3.05, 3.63) is 24.3 Å². The summed E-state index contributed by atoms with van der Waals surface area (Å²) >= 11 is 1.29. The van der Waals surface area contributed by atoms with Gasteiger partial charge in [0.25, 0.3) is 5.91 Å². The minimum absolute atomic E-state index is 0.301. The van der Waals surface area contributed by atoms with E-state index >= 15 is 0 Å². The Morgan fingerprint density at radius 2 is 1.84 bits per heavy atom. The van der Waals surface area contributed by atoms with Crippen LogP contribution in [0.5, 0.6) is 0 Å². The van der Waals surface area contributed by atoms with E-state index in [1.165, 1.54) is 11.3 Å². The fourth-order valence-corrected chi connectivity index (χ4v) is 5.69. The van der Waals surface area contributed by atoms with Gasteiger partial charge in [-0.15, -0.1) is 0 Å².